The summed E-state index contributed by atoms with van der Waals surface area (Å²) in [6, 6.07) is 4.71. The van der Waals surface area contributed by atoms with Crippen LogP contribution in [-0.4, -0.2) is 49.5 Å². The molecule has 1 aromatic rings. The predicted octanol–water partition coefficient (Wildman–Crippen LogP) is 1.85. The van der Waals surface area contributed by atoms with E-state index in [1.807, 2.05) is 0 Å². The van der Waals surface area contributed by atoms with Gasteiger partial charge in [-0.3, -0.25) is 4.79 Å². The number of amides is 1. The minimum atomic E-state index is -0.256. The van der Waals surface area contributed by atoms with Crippen molar-refractivity contribution in [1.29, 1.82) is 0 Å². The fourth-order valence-electron chi connectivity index (χ4n) is 3.55. The molecular weight excluding hydrogens is 332 g/mol. The van der Waals surface area contributed by atoms with Crippen LogP contribution < -0.4 is 15.4 Å². The van der Waals surface area contributed by atoms with Gasteiger partial charge in [0.05, 0.1) is 18.8 Å². The number of phenolic OH excluding ortho intramolecular Hbond substituents is 1. The highest BCUT2D eigenvalue weighted by Crippen LogP contribution is 2.34. The number of carbonyl (C=O) groups is 1. The molecule has 1 unspecified atom stereocenters. The Morgan fingerprint density at radius 1 is 1.42 bits per heavy atom. The topological polar surface area (TPSA) is 79.8 Å². The Bertz CT molecular complexity index is 567. The van der Waals surface area contributed by atoms with E-state index in [1.165, 1.54) is 13.2 Å². The van der Waals surface area contributed by atoms with Crippen LogP contribution in [0.5, 0.6) is 11.5 Å². The van der Waals surface area contributed by atoms with Gasteiger partial charge in [-0.1, -0.05) is 0 Å². The van der Waals surface area contributed by atoms with Crippen LogP contribution in [0, 0.1) is 0 Å². The molecule has 1 amide bonds. The van der Waals surface area contributed by atoms with Crippen LogP contribution in [0.3, 0.4) is 0 Å². The second-order valence-electron chi connectivity index (χ2n) is 6.22. The summed E-state index contributed by atoms with van der Waals surface area (Å²) in [6.45, 7) is 2.58. The standard InChI is InChI=1S/C17H24N2O4.ClH/c1-22-14-5-4-12(11-13(14)20)16(21)19-15-3-2-10-23-17(15)6-8-18-9-7-17;/h4-5,11,15,18,20H,2-3,6-10H2,1H3,(H,19,21);1H. The third kappa shape index (κ3) is 3.77. The largest absolute Gasteiger partial charge is 0.504 e. The van der Waals surface area contributed by atoms with E-state index in [2.05, 4.69) is 10.6 Å². The summed E-state index contributed by atoms with van der Waals surface area (Å²) in [6.07, 6.45) is 3.69. The van der Waals surface area contributed by atoms with Gasteiger partial charge in [0.2, 0.25) is 0 Å². The van der Waals surface area contributed by atoms with E-state index in [4.69, 9.17) is 9.47 Å². The molecule has 6 nitrogen and oxygen atoms in total. The Morgan fingerprint density at radius 2 is 2.17 bits per heavy atom. The van der Waals surface area contributed by atoms with Crippen molar-refractivity contribution >= 4 is 18.3 Å². The van der Waals surface area contributed by atoms with Gasteiger partial charge >= 0.3 is 0 Å². The average molecular weight is 357 g/mol. The first-order valence-electron chi connectivity index (χ1n) is 8.17. The maximum Gasteiger partial charge on any atom is 0.251 e. The summed E-state index contributed by atoms with van der Waals surface area (Å²) in [5.41, 5.74) is 0.172. The van der Waals surface area contributed by atoms with Crippen LogP contribution in [0.1, 0.15) is 36.0 Å². The maximum absolute atomic E-state index is 12.6. The van der Waals surface area contributed by atoms with Gasteiger partial charge in [0.25, 0.3) is 5.91 Å². The van der Waals surface area contributed by atoms with Crippen molar-refractivity contribution in [3.8, 4) is 11.5 Å². The lowest BCUT2D eigenvalue weighted by Gasteiger charge is -2.46. The molecule has 0 aromatic heterocycles. The molecule has 24 heavy (non-hydrogen) atoms. The van der Waals surface area contributed by atoms with E-state index in [9.17, 15) is 9.90 Å². The molecule has 1 atom stereocenters. The second-order valence-corrected chi connectivity index (χ2v) is 6.22. The lowest BCUT2D eigenvalue weighted by Crippen LogP contribution is -2.60. The maximum atomic E-state index is 12.6. The van der Waals surface area contributed by atoms with E-state index in [0.717, 1.165) is 45.4 Å². The highest BCUT2D eigenvalue weighted by molar-refractivity contribution is 5.95. The number of halogens is 1. The summed E-state index contributed by atoms with van der Waals surface area (Å²) in [7, 11) is 1.48. The van der Waals surface area contributed by atoms with Gasteiger partial charge in [0, 0.05) is 12.2 Å². The minimum absolute atomic E-state index is 0. The summed E-state index contributed by atoms with van der Waals surface area (Å²) in [5, 5.41) is 16.3. The molecule has 2 fully saturated rings. The van der Waals surface area contributed by atoms with Crippen LogP contribution >= 0.6 is 12.4 Å². The molecular formula is C17H25ClN2O4. The van der Waals surface area contributed by atoms with Gasteiger partial charge in [-0.05, 0) is 57.0 Å². The van der Waals surface area contributed by atoms with E-state index in [0.29, 0.717) is 11.3 Å². The van der Waals surface area contributed by atoms with Crippen LogP contribution in [0.25, 0.3) is 0 Å². The van der Waals surface area contributed by atoms with Crippen molar-refractivity contribution in [2.45, 2.75) is 37.3 Å². The highest BCUT2D eigenvalue weighted by atomic mass is 35.5. The lowest BCUT2D eigenvalue weighted by atomic mass is 9.80. The Labute approximate surface area is 148 Å². The molecule has 134 valence electrons. The summed E-state index contributed by atoms with van der Waals surface area (Å²) in [5.74, 6) is 0.144. The first kappa shape index (κ1) is 18.8. The number of phenols is 1. The average Bonchev–Trinajstić information content (AvgIpc) is 2.58. The van der Waals surface area contributed by atoms with Gasteiger partial charge in [-0.15, -0.1) is 12.4 Å². The van der Waals surface area contributed by atoms with Crippen LogP contribution in [0.4, 0.5) is 0 Å². The summed E-state index contributed by atoms with van der Waals surface area (Å²) in [4.78, 5) is 12.6. The number of benzene rings is 1. The van der Waals surface area contributed by atoms with Crippen LogP contribution in [0.15, 0.2) is 18.2 Å². The molecule has 7 heteroatoms. The molecule has 2 aliphatic rings. The molecule has 2 heterocycles. The molecule has 0 bridgehead atoms. The van der Waals surface area contributed by atoms with Gasteiger partial charge in [0.15, 0.2) is 11.5 Å². The second kappa shape index (κ2) is 8.05. The van der Waals surface area contributed by atoms with Gasteiger partial charge in [-0.2, -0.15) is 0 Å². The summed E-state index contributed by atoms with van der Waals surface area (Å²) < 4.78 is 11.1. The smallest absolute Gasteiger partial charge is 0.251 e. The molecule has 2 aliphatic heterocycles. The van der Waals surface area contributed by atoms with Gasteiger partial charge < -0.3 is 25.2 Å². The van der Waals surface area contributed by atoms with E-state index < -0.39 is 0 Å². The van der Waals surface area contributed by atoms with Crippen LogP contribution in [0.2, 0.25) is 0 Å². The Morgan fingerprint density at radius 3 is 2.83 bits per heavy atom. The van der Waals surface area contributed by atoms with Crippen LogP contribution in [-0.2, 0) is 4.74 Å². The van der Waals surface area contributed by atoms with E-state index in [1.54, 1.807) is 12.1 Å². The van der Waals surface area contributed by atoms with Crippen molar-refractivity contribution in [2.75, 3.05) is 26.8 Å². The van der Waals surface area contributed by atoms with Crippen molar-refractivity contribution < 1.29 is 19.4 Å². The minimum Gasteiger partial charge on any atom is -0.504 e. The number of ether oxygens (including phenoxy) is 2. The third-order valence-electron chi connectivity index (χ3n) is 4.86. The Kier molecular flexibility index (Phi) is 6.32. The molecule has 2 saturated heterocycles. The Hall–Kier alpha value is -1.50. The number of hydrogen-bond donors (Lipinski definition) is 3. The van der Waals surface area contributed by atoms with Crippen molar-refractivity contribution in [3.05, 3.63) is 23.8 Å². The fourth-order valence-corrected chi connectivity index (χ4v) is 3.55. The fraction of sp³-hybridized carbons (Fsp3) is 0.588. The number of rotatable bonds is 3. The third-order valence-corrected chi connectivity index (χ3v) is 4.86. The number of piperidine rings is 1. The zero-order valence-corrected chi connectivity index (χ0v) is 14.7. The van der Waals surface area contributed by atoms with Crippen molar-refractivity contribution in [2.24, 2.45) is 0 Å². The molecule has 3 rings (SSSR count). The number of hydrogen-bond acceptors (Lipinski definition) is 5. The first-order chi connectivity index (χ1) is 11.1. The van der Waals surface area contributed by atoms with E-state index in [-0.39, 0.29) is 35.7 Å². The van der Waals surface area contributed by atoms with Gasteiger partial charge in [0.1, 0.15) is 0 Å². The number of methoxy groups -OCH3 is 1. The number of aromatic hydroxyl groups is 1. The molecule has 3 N–H and O–H groups in total. The monoisotopic (exact) mass is 356 g/mol. The quantitative estimate of drug-likeness (QED) is 0.770. The van der Waals surface area contributed by atoms with Gasteiger partial charge in [-0.25, -0.2) is 0 Å². The molecule has 1 aromatic carbocycles. The molecule has 1 spiro atoms. The SMILES string of the molecule is COc1ccc(C(=O)NC2CCCOC23CCNCC3)cc1O.Cl. The first-order valence-corrected chi connectivity index (χ1v) is 8.17. The Balaban J connectivity index is 0.00000208. The zero-order valence-electron chi connectivity index (χ0n) is 13.8. The molecule has 0 radical (unpaired) electrons. The molecule has 0 aliphatic carbocycles. The van der Waals surface area contributed by atoms with E-state index >= 15 is 0 Å². The normalized spacial score (nSPS) is 22.5. The lowest BCUT2D eigenvalue weighted by molar-refractivity contribution is -0.114. The number of nitrogens with one attached hydrogen (secondary N) is 2. The highest BCUT2D eigenvalue weighted by Gasteiger charge is 2.43. The molecule has 0 saturated carbocycles. The zero-order chi connectivity index (χ0) is 16.3. The predicted molar refractivity (Wildman–Crippen MR) is 93.2 cm³/mol. The van der Waals surface area contributed by atoms with Crippen molar-refractivity contribution in [1.82, 2.24) is 10.6 Å². The summed E-state index contributed by atoms with van der Waals surface area (Å²) >= 11 is 0. The number of carbonyl (C=O) groups excluding carboxylic acids is 1. The van der Waals surface area contributed by atoms with Crippen molar-refractivity contribution in [3.63, 3.8) is 0 Å².